The molecule has 0 aliphatic rings. The smallest absolute Gasteiger partial charge is 0.0406 e. The van der Waals surface area contributed by atoms with Crippen LogP contribution in [-0.2, 0) is 12.8 Å². The Kier molecular flexibility index (Phi) is 5.81. The Bertz CT molecular complexity index is 814. The molecule has 0 N–H and O–H groups in total. The molecule has 1 unspecified atom stereocenters. The first-order chi connectivity index (χ1) is 12.1. The molecule has 25 heavy (non-hydrogen) atoms. The van der Waals surface area contributed by atoms with E-state index in [-0.39, 0.29) is 5.41 Å². The molecule has 3 rings (SSSR count). The van der Waals surface area contributed by atoms with Crippen molar-refractivity contribution < 1.29 is 0 Å². The highest BCUT2D eigenvalue weighted by Gasteiger charge is 2.25. The molecule has 0 spiro atoms. The minimum atomic E-state index is 0.258. The van der Waals surface area contributed by atoms with Gasteiger partial charge in [0.25, 0.3) is 0 Å². The fraction of sp³-hybridized carbons (Fsp3) is 0.333. The standard InChI is InChI=1S/C24H27Cl/c1-3-4-16-24(2,17-19-12-14-22(25)15-13-19)18-21-10-7-9-20-8-5-6-11-23(20)21/h5-15H,3-4,16-18H2,1-2H3. The van der Waals surface area contributed by atoms with Gasteiger partial charge in [0.2, 0.25) is 0 Å². The van der Waals surface area contributed by atoms with Crippen molar-refractivity contribution in [1.82, 2.24) is 0 Å². The van der Waals surface area contributed by atoms with Crippen molar-refractivity contribution in [3.8, 4) is 0 Å². The van der Waals surface area contributed by atoms with Crippen LogP contribution in [-0.4, -0.2) is 0 Å². The summed E-state index contributed by atoms with van der Waals surface area (Å²) in [5.74, 6) is 0. The number of hydrogen-bond acceptors (Lipinski definition) is 0. The summed E-state index contributed by atoms with van der Waals surface area (Å²) < 4.78 is 0. The van der Waals surface area contributed by atoms with Crippen LogP contribution in [0.25, 0.3) is 10.8 Å². The molecule has 0 heterocycles. The SMILES string of the molecule is CCCCC(C)(Cc1ccc(Cl)cc1)Cc1cccc2ccccc12. The lowest BCUT2D eigenvalue weighted by Gasteiger charge is -2.31. The molecule has 0 saturated heterocycles. The van der Waals surface area contributed by atoms with Crippen molar-refractivity contribution in [1.29, 1.82) is 0 Å². The molecule has 0 bridgehead atoms. The summed E-state index contributed by atoms with van der Waals surface area (Å²) in [5.41, 5.74) is 3.10. The lowest BCUT2D eigenvalue weighted by Crippen LogP contribution is -2.23. The summed E-state index contributed by atoms with van der Waals surface area (Å²) in [7, 11) is 0. The number of unbranched alkanes of at least 4 members (excludes halogenated alkanes) is 1. The van der Waals surface area contributed by atoms with Gasteiger partial charge in [-0.1, -0.05) is 92.9 Å². The van der Waals surface area contributed by atoms with Crippen LogP contribution in [0.1, 0.15) is 44.2 Å². The van der Waals surface area contributed by atoms with Gasteiger partial charge in [0.15, 0.2) is 0 Å². The molecule has 1 heteroatoms. The second kappa shape index (κ2) is 8.06. The molecule has 0 aliphatic heterocycles. The normalized spacial score (nSPS) is 13.7. The molecular weight excluding hydrogens is 324 g/mol. The molecule has 0 aromatic heterocycles. The Balaban J connectivity index is 1.90. The van der Waals surface area contributed by atoms with Crippen LogP contribution in [0.2, 0.25) is 5.02 Å². The molecular formula is C24H27Cl. The third-order valence-electron chi connectivity index (χ3n) is 5.18. The van der Waals surface area contributed by atoms with Gasteiger partial charge in [0.1, 0.15) is 0 Å². The van der Waals surface area contributed by atoms with Crippen molar-refractivity contribution in [2.75, 3.05) is 0 Å². The maximum absolute atomic E-state index is 6.06. The number of benzene rings is 3. The first kappa shape index (κ1) is 18.0. The molecule has 0 saturated carbocycles. The zero-order valence-electron chi connectivity index (χ0n) is 15.3. The van der Waals surface area contributed by atoms with E-state index < -0.39 is 0 Å². The maximum Gasteiger partial charge on any atom is 0.0406 e. The predicted molar refractivity (Wildman–Crippen MR) is 110 cm³/mol. The summed E-state index contributed by atoms with van der Waals surface area (Å²) in [5, 5.41) is 3.54. The highest BCUT2D eigenvalue weighted by atomic mass is 35.5. The largest absolute Gasteiger partial charge is 0.0843 e. The lowest BCUT2D eigenvalue weighted by molar-refractivity contribution is 0.283. The van der Waals surface area contributed by atoms with Gasteiger partial charge in [0.05, 0.1) is 0 Å². The first-order valence-electron chi connectivity index (χ1n) is 9.31. The van der Waals surface area contributed by atoms with Gasteiger partial charge in [-0.25, -0.2) is 0 Å². The van der Waals surface area contributed by atoms with E-state index in [1.807, 2.05) is 12.1 Å². The third-order valence-corrected chi connectivity index (χ3v) is 5.43. The summed E-state index contributed by atoms with van der Waals surface area (Å²) in [4.78, 5) is 0. The molecule has 0 fully saturated rings. The lowest BCUT2D eigenvalue weighted by atomic mass is 9.74. The van der Waals surface area contributed by atoms with Crippen LogP contribution in [0.15, 0.2) is 66.7 Å². The van der Waals surface area contributed by atoms with Crippen LogP contribution < -0.4 is 0 Å². The molecule has 3 aromatic rings. The van der Waals surface area contributed by atoms with E-state index in [2.05, 4.69) is 68.4 Å². The summed E-state index contributed by atoms with van der Waals surface area (Å²) >= 11 is 6.06. The van der Waals surface area contributed by atoms with Crippen molar-refractivity contribution in [3.63, 3.8) is 0 Å². The zero-order valence-corrected chi connectivity index (χ0v) is 16.0. The van der Waals surface area contributed by atoms with Crippen LogP contribution >= 0.6 is 11.6 Å². The average molecular weight is 351 g/mol. The topological polar surface area (TPSA) is 0 Å². The van der Waals surface area contributed by atoms with E-state index in [0.29, 0.717) is 0 Å². The third kappa shape index (κ3) is 4.64. The second-order valence-electron chi connectivity index (χ2n) is 7.53. The van der Waals surface area contributed by atoms with Gasteiger partial charge in [0, 0.05) is 5.02 Å². The fourth-order valence-corrected chi connectivity index (χ4v) is 3.97. The highest BCUT2D eigenvalue weighted by molar-refractivity contribution is 6.30. The molecule has 0 nitrogen and oxygen atoms in total. The predicted octanol–water partition coefficient (Wildman–Crippen LogP) is 7.47. The van der Waals surface area contributed by atoms with E-state index in [1.165, 1.54) is 41.2 Å². The van der Waals surface area contributed by atoms with Gasteiger partial charge < -0.3 is 0 Å². The van der Waals surface area contributed by atoms with E-state index in [1.54, 1.807) is 0 Å². The summed E-state index contributed by atoms with van der Waals surface area (Å²) in [6.45, 7) is 4.72. The quantitative estimate of drug-likeness (QED) is 0.414. The van der Waals surface area contributed by atoms with Gasteiger partial charge in [-0.05, 0) is 58.7 Å². The highest BCUT2D eigenvalue weighted by Crippen LogP contribution is 2.35. The van der Waals surface area contributed by atoms with Gasteiger partial charge >= 0.3 is 0 Å². The van der Waals surface area contributed by atoms with Gasteiger partial charge in [-0.3, -0.25) is 0 Å². The summed E-state index contributed by atoms with van der Waals surface area (Å²) in [6, 6.07) is 23.8. The van der Waals surface area contributed by atoms with Crippen LogP contribution in [0.5, 0.6) is 0 Å². The van der Waals surface area contributed by atoms with Crippen LogP contribution in [0.3, 0.4) is 0 Å². The molecule has 1 atom stereocenters. The Morgan fingerprint density at radius 1 is 0.840 bits per heavy atom. The molecule has 0 aliphatic carbocycles. The Morgan fingerprint density at radius 3 is 2.32 bits per heavy atom. The minimum absolute atomic E-state index is 0.258. The van der Waals surface area contributed by atoms with Crippen molar-refractivity contribution in [2.24, 2.45) is 5.41 Å². The molecule has 0 amide bonds. The van der Waals surface area contributed by atoms with Gasteiger partial charge in [-0.2, -0.15) is 0 Å². The first-order valence-corrected chi connectivity index (χ1v) is 9.68. The Morgan fingerprint density at radius 2 is 1.56 bits per heavy atom. The number of rotatable bonds is 7. The monoisotopic (exact) mass is 350 g/mol. The van der Waals surface area contributed by atoms with E-state index >= 15 is 0 Å². The second-order valence-corrected chi connectivity index (χ2v) is 7.97. The molecule has 130 valence electrons. The Hall–Kier alpha value is -1.79. The summed E-state index contributed by atoms with van der Waals surface area (Å²) in [6.07, 6.45) is 5.96. The fourth-order valence-electron chi connectivity index (χ4n) is 3.84. The van der Waals surface area contributed by atoms with Crippen LogP contribution in [0.4, 0.5) is 0 Å². The van der Waals surface area contributed by atoms with Crippen molar-refractivity contribution in [2.45, 2.75) is 46.0 Å². The van der Waals surface area contributed by atoms with E-state index in [4.69, 9.17) is 11.6 Å². The maximum atomic E-state index is 6.06. The number of halogens is 1. The minimum Gasteiger partial charge on any atom is -0.0843 e. The zero-order chi connectivity index (χ0) is 17.7. The van der Waals surface area contributed by atoms with E-state index in [0.717, 1.165) is 17.9 Å². The number of fused-ring (bicyclic) bond motifs is 1. The average Bonchev–Trinajstić information content (AvgIpc) is 2.62. The van der Waals surface area contributed by atoms with Crippen LogP contribution in [0, 0.1) is 5.41 Å². The molecule has 3 aromatic carbocycles. The van der Waals surface area contributed by atoms with Crippen molar-refractivity contribution in [3.05, 3.63) is 82.9 Å². The van der Waals surface area contributed by atoms with Crippen molar-refractivity contribution >= 4 is 22.4 Å². The van der Waals surface area contributed by atoms with E-state index in [9.17, 15) is 0 Å². The molecule has 0 radical (unpaired) electrons. The number of hydrogen-bond donors (Lipinski definition) is 0. The Labute approximate surface area is 156 Å². The van der Waals surface area contributed by atoms with Gasteiger partial charge in [-0.15, -0.1) is 0 Å².